The molecule has 2 aromatic carbocycles. The molecule has 3 fully saturated rings. The van der Waals surface area contributed by atoms with Crippen LogP contribution in [0.4, 0.5) is 9.52 Å². The van der Waals surface area contributed by atoms with E-state index in [9.17, 15) is 14.3 Å². The smallest absolute Gasteiger partial charge is 0.338 e. The Kier molecular flexibility index (Phi) is 7.38. The van der Waals surface area contributed by atoms with Gasteiger partial charge < -0.3 is 24.0 Å². The molecule has 2 unspecified atom stereocenters. The standard InChI is InChI=1S/C30H28Cl2FN3O5S/c1-39-29(38)15-7-21(33)27-24(10-15)42-30(34-27)36-11-16-8-22(37)23(9-17(16)12-36)40-13-18-26(35-41-28(18)14-5-6-14)25-19(31)3-2-4-20(25)32/h2-4,7,10,14,16-17,22-23,37H,5-6,8-9,11-13H2,1H3/t16?,17?,22-,23+/m0/s1. The van der Waals surface area contributed by atoms with Gasteiger partial charge in [0.2, 0.25) is 0 Å². The molecule has 3 heterocycles. The zero-order valence-corrected chi connectivity index (χ0v) is 25.0. The van der Waals surface area contributed by atoms with Crippen LogP contribution in [-0.2, 0) is 16.1 Å². The molecule has 8 nitrogen and oxygen atoms in total. The number of fused-ring (bicyclic) bond motifs is 2. The van der Waals surface area contributed by atoms with Crippen LogP contribution in [0.1, 0.15) is 53.3 Å². The average molecular weight is 633 g/mol. The summed E-state index contributed by atoms with van der Waals surface area (Å²) < 4.78 is 32.3. The minimum Gasteiger partial charge on any atom is -0.465 e. The third kappa shape index (κ3) is 5.07. The summed E-state index contributed by atoms with van der Waals surface area (Å²) in [6.07, 6.45) is 2.35. The van der Waals surface area contributed by atoms with Crippen molar-refractivity contribution in [2.45, 2.75) is 50.4 Å². The van der Waals surface area contributed by atoms with E-state index in [0.717, 1.165) is 36.8 Å². The minimum atomic E-state index is -0.627. The monoisotopic (exact) mass is 631 g/mol. The number of aliphatic hydroxyl groups is 1. The molecule has 4 atom stereocenters. The van der Waals surface area contributed by atoms with Gasteiger partial charge in [-0.2, -0.15) is 0 Å². The third-order valence-corrected chi connectivity index (χ3v) is 10.3. The van der Waals surface area contributed by atoms with Crippen LogP contribution in [0.3, 0.4) is 0 Å². The Labute approximate surface area is 255 Å². The molecule has 3 aliphatic rings. The topological polar surface area (TPSA) is 97.9 Å². The highest BCUT2D eigenvalue weighted by molar-refractivity contribution is 7.22. The molecule has 2 aliphatic carbocycles. The third-order valence-electron chi connectivity index (χ3n) is 8.62. The van der Waals surface area contributed by atoms with Crippen LogP contribution in [0, 0.1) is 17.7 Å². The van der Waals surface area contributed by atoms with Gasteiger partial charge in [0, 0.05) is 30.1 Å². The fraction of sp³-hybridized carbons (Fsp3) is 0.433. The molecule has 220 valence electrons. The predicted octanol–water partition coefficient (Wildman–Crippen LogP) is 6.85. The van der Waals surface area contributed by atoms with Gasteiger partial charge in [-0.3, -0.25) is 0 Å². The summed E-state index contributed by atoms with van der Waals surface area (Å²) in [5.74, 6) is 0.511. The zero-order valence-electron chi connectivity index (χ0n) is 22.7. The first-order chi connectivity index (χ1) is 20.3. The Bertz CT molecular complexity index is 1650. The number of carbonyl (C=O) groups excluding carboxylic acids is 1. The number of halogens is 3. The summed E-state index contributed by atoms with van der Waals surface area (Å²) in [6, 6.07) is 8.11. The van der Waals surface area contributed by atoms with Crippen LogP contribution in [0.5, 0.6) is 0 Å². The molecule has 2 aromatic heterocycles. The Morgan fingerprint density at radius 3 is 2.64 bits per heavy atom. The molecule has 0 amide bonds. The maximum absolute atomic E-state index is 14.7. The number of benzene rings is 2. The zero-order chi connectivity index (χ0) is 29.1. The van der Waals surface area contributed by atoms with Gasteiger partial charge >= 0.3 is 5.97 Å². The summed E-state index contributed by atoms with van der Waals surface area (Å²) in [7, 11) is 1.27. The van der Waals surface area contributed by atoms with Crippen molar-refractivity contribution in [3.05, 3.63) is 63.1 Å². The lowest BCUT2D eigenvalue weighted by atomic mass is 9.78. The predicted molar refractivity (Wildman–Crippen MR) is 158 cm³/mol. The highest BCUT2D eigenvalue weighted by Gasteiger charge is 2.43. The number of carbonyl (C=O) groups is 1. The Hall–Kier alpha value is -2.76. The quantitative estimate of drug-likeness (QED) is 0.221. The largest absolute Gasteiger partial charge is 0.465 e. The summed E-state index contributed by atoms with van der Waals surface area (Å²) in [4.78, 5) is 18.6. The van der Waals surface area contributed by atoms with E-state index < -0.39 is 17.9 Å². The number of ether oxygens (including phenoxy) is 2. The molecule has 7 rings (SSSR count). The number of methoxy groups -OCH3 is 1. The highest BCUT2D eigenvalue weighted by atomic mass is 35.5. The van der Waals surface area contributed by atoms with Crippen molar-refractivity contribution >= 4 is 55.9 Å². The number of nitrogens with zero attached hydrogens (tertiary/aromatic N) is 3. The van der Waals surface area contributed by atoms with Gasteiger partial charge in [-0.25, -0.2) is 14.2 Å². The first kappa shape index (κ1) is 28.0. The Balaban J connectivity index is 1.07. The Morgan fingerprint density at radius 1 is 1.19 bits per heavy atom. The average Bonchev–Trinajstić information content (AvgIpc) is 3.38. The SMILES string of the molecule is COC(=O)c1cc(F)c2nc(N3CC4C[C@H](O)[C@H](OCc5c(-c6c(Cl)cccc6Cl)noc5C5CC5)CC4C3)sc2c1. The van der Waals surface area contributed by atoms with Crippen LogP contribution in [-0.4, -0.2) is 53.6 Å². The van der Waals surface area contributed by atoms with Crippen LogP contribution in [0.2, 0.25) is 10.0 Å². The van der Waals surface area contributed by atoms with Crippen LogP contribution >= 0.6 is 34.5 Å². The van der Waals surface area contributed by atoms with E-state index in [2.05, 4.69) is 15.0 Å². The van der Waals surface area contributed by atoms with Gasteiger partial charge in [-0.1, -0.05) is 45.8 Å². The molecule has 0 spiro atoms. The van der Waals surface area contributed by atoms with E-state index in [1.807, 2.05) is 0 Å². The fourth-order valence-corrected chi connectivity index (χ4v) is 7.93. The van der Waals surface area contributed by atoms with E-state index in [4.69, 9.17) is 37.2 Å². The van der Waals surface area contributed by atoms with Crippen molar-refractivity contribution in [2.24, 2.45) is 11.8 Å². The van der Waals surface area contributed by atoms with Crippen molar-refractivity contribution < 1.29 is 28.3 Å². The van der Waals surface area contributed by atoms with Crippen molar-refractivity contribution in [3.8, 4) is 11.3 Å². The van der Waals surface area contributed by atoms with Crippen molar-refractivity contribution in [2.75, 3.05) is 25.1 Å². The molecule has 0 bridgehead atoms. The van der Waals surface area contributed by atoms with E-state index in [0.29, 0.717) is 56.4 Å². The van der Waals surface area contributed by atoms with Crippen LogP contribution < -0.4 is 4.90 Å². The van der Waals surface area contributed by atoms with Gasteiger partial charge in [-0.15, -0.1) is 0 Å². The molecule has 4 aromatic rings. The maximum atomic E-state index is 14.7. The summed E-state index contributed by atoms with van der Waals surface area (Å²) in [5, 5.41) is 17.1. The van der Waals surface area contributed by atoms with Crippen molar-refractivity contribution in [1.82, 2.24) is 10.1 Å². The lowest BCUT2D eigenvalue weighted by Gasteiger charge is -2.34. The summed E-state index contributed by atoms with van der Waals surface area (Å²) in [6.45, 7) is 1.67. The summed E-state index contributed by atoms with van der Waals surface area (Å²) >= 11 is 14.4. The lowest BCUT2D eigenvalue weighted by Crippen LogP contribution is -2.40. The van der Waals surface area contributed by atoms with E-state index in [1.54, 1.807) is 24.3 Å². The van der Waals surface area contributed by atoms with Crippen molar-refractivity contribution in [3.63, 3.8) is 0 Å². The maximum Gasteiger partial charge on any atom is 0.338 e. The molecule has 42 heavy (non-hydrogen) atoms. The van der Waals surface area contributed by atoms with Gasteiger partial charge in [0.25, 0.3) is 0 Å². The van der Waals surface area contributed by atoms with Gasteiger partial charge in [-0.05, 0) is 61.8 Å². The molecule has 1 aliphatic heterocycles. The number of anilines is 1. The number of aromatic nitrogens is 2. The van der Waals surface area contributed by atoms with Crippen molar-refractivity contribution in [1.29, 1.82) is 0 Å². The molecule has 0 radical (unpaired) electrons. The first-order valence-corrected chi connectivity index (χ1v) is 15.5. The van der Waals surface area contributed by atoms with Gasteiger partial charge in [0.1, 0.15) is 17.0 Å². The highest BCUT2D eigenvalue weighted by Crippen LogP contribution is 2.47. The van der Waals surface area contributed by atoms with Gasteiger partial charge in [0.15, 0.2) is 10.9 Å². The van der Waals surface area contributed by atoms with E-state index in [-0.39, 0.29) is 35.6 Å². The second-order valence-electron chi connectivity index (χ2n) is 11.4. The molecule has 2 saturated carbocycles. The first-order valence-electron chi connectivity index (χ1n) is 14.0. The Morgan fingerprint density at radius 2 is 1.93 bits per heavy atom. The second-order valence-corrected chi connectivity index (χ2v) is 13.2. The summed E-state index contributed by atoms with van der Waals surface area (Å²) in [5.41, 5.74) is 2.44. The van der Waals surface area contributed by atoms with E-state index in [1.165, 1.54) is 18.4 Å². The van der Waals surface area contributed by atoms with Crippen LogP contribution in [0.15, 0.2) is 34.9 Å². The number of hydrogen-bond donors (Lipinski definition) is 1. The molecule has 12 heteroatoms. The minimum absolute atomic E-state index is 0.161. The number of esters is 1. The normalized spacial score (nSPS) is 23.9. The molecular formula is C30H28Cl2FN3O5S. The second kappa shape index (κ2) is 11.1. The van der Waals surface area contributed by atoms with E-state index >= 15 is 0 Å². The lowest BCUT2D eigenvalue weighted by molar-refractivity contribution is -0.0867. The fourth-order valence-electron chi connectivity index (χ4n) is 6.31. The molecular weight excluding hydrogens is 604 g/mol. The number of thiazole rings is 1. The number of hydrogen-bond acceptors (Lipinski definition) is 9. The number of aliphatic hydroxyl groups excluding tert-OH is 1. The molecule has 1 saturated heterocycles. The van der Waals surface area contributed by atoms with Gasteiger partial charge in [0.05, 0.1) is 46.2 Å². The van der Waals surface area contributed by atoms with Crippen LogP contribution in [0.25, 0.3) is 21.5 Å². The molecule has 1 N–H and O–H groups in total. The number of rotatable bonds is 7.